The van der Waals surface area contributed by atoms with Crippen LogP contribution in [-0.2, 0) is 24.7 Å². The van der Waals surface area contributed by atoms with Gasteiger partial charge >= 0.3 is 0 Å². The summed E-state index contributed by atoms with van der Waals surface area (Å²) in [5.74, 6) is 0.816. The summed E-state index contributed by atoms with van der Waals surface area (Å²) >= 11 is 1.75. The van der Waals surface area contributed by atoms with Crippen molar-refractivity contribution < 1.29 is 4.79 Å². The van der Waals surface area contributed by atoms with Gasteiger partial charge in [-0.1, -0.05) is 6.92 Å². The molecule has 10 heteroatoms. The van der Waals surface area contributed by atoms with Gasteiger partial charge in [0.15, 0.2) is 5.96 Å². The number of aromatic nitrogens is 3. The molecule has 0 spiro atoms. The number of nitrogens with zero attached hydrogens (tertiary/aromatic N) is 6. The molecular weight excluding hydrogens is 477 g/mol. The highest BCUT2D eigenvalue weighted by Crippen LogP contribution is 2.16. The smallest absolute Gasteiger partial charge is 0.246 e. The van der Waals surface area contributed by atoms with Crippen LogP contribution in [0, 0.1) is 0 Å². The lowest BCUT2D eigenvalue weighted by atomic mass is 10.3. The molecule has 2 aromatic heterocycles. The number of hydrogen-bond acceptors (Lipinski definition) is 5. The molecule has 3 heterocycles. The Bertz CT molecular complexity index is 788. The maximum Gasteiger partial charge on any atom is 0.246 e. The number of carbonyl (C=O) groups excluding carboxylic acids is 1. The minimum absolute atomic E-state index is 0. The third-order valence-corrected chi connectivity index (χ3v) is 5.51. The van der Waals surface area contributed by atoms with Crippen LogP contribution in [-0.4, -0.2) is 64.8 Å². The Morgan fingerprint density at radius 2 is 2.19 bits per heavy atom. The van der Waals surface area contributed by atoms with E-state index in [2.05, 4.69) is 27.3 Å². The average molecular weight is 503 g/mol. The number of aliphatic imine (C=N–C) groups is 1. The summed E-state index contributed by atoms with van der Waals surface area (Å²) in [4.78, 5) is 26.4. The fourth-order valence-corrected chi connectivity index (χ4v) is 3.78. The van der Waals surface area contributed by atoms with Crippen molar-refractivity contribution in [2.75, 3.05) is 38.1 Å². The number of amides is 1. The van der Waals surface area contributed by atoms with Gasteiger partial charge in [-0.3, -0.25) is 14.5 Å². The van der Waals surface area contributed by atoms with Gasteiger partial charge in [0.05, 0.1) is 16.9 Å². The zero-order chi connectivity index (χ0) is 18.5. The van der Waals surface area contributed by atoms with E-state index in [9.17, 15) is 4.79 Å². The molecule has 1 amide bonds. The van der Waals surface area contributed by atoms with Crippen molar-refractivity contribution in [3.63, 3.8) is 0 Å². The number of hydrogen-bond donors (Lipinski definition) is 1. The van der Waals surface area contributed by atoms with Gasteiger partial charge in [0.2, 0.25) is 5.91 Å². The van der Waals surface area contributed by atoms with E-state index < -0.39 is 0 Å². The van der Waals surface area contributed by atoms with Gasteiger partial charge in [0.25, 0.3) is 0 Å². The summed E-state index contributed by atoms with van der Waals surface area (Å²) in [6, 6.07) is 0. The molecule has 3 rings (SSSR count). The fraction of sp³-hybridized carbons (Fsp3) is 0.529. The van der Waals surface area contributed by atoms with Gasteiger partial charge in [-0.2, -0.15) is 5.10 Å². The highest BCUT2D eigenvalue weighted by Gasteiger charge is 2.27. The first-order valence-electron chi connectivity index (χ1n) is 8.79. The first-order chi connectivity index (χ1) is 12.6. The zero-order valence-corrected chi connectivity index (χ0v) is 19.0. The number of nitrogens with one attached hydrogen (secondary N) is 1. The number of piperazine rings is 1. The lowest BCUT2D eigenvalue weighted by Crippen LogP contribution is -2.55. The predicted octanol–water partition coefficient (Wildman–Crippen LogP) is 1.52. The SMILES string of the molecule is CCc1cnc(CCNC(=NC)N2CCN(c3cnn(C)c3)C(=O)C2)s1.I. The first kappa shape index (κ1) is 21.6. The zero-order valence-electron chi connectivity index (χ0n) is 15.9. The van der Waals surface area contributed by atoms with Crippen LogP contribution >= 0.6 is 35.3 Å². The van der Waals surface area contributed by atoms with Crippen molar-refractivity contribution in [2.24, 2.45) is 12.0 Å². The van der Waals surface area contributed by atoms with Crippen LogP contribution in [0.5, 0.6) is 0 Å². The number of thiazole rings is 1. The number of aryl methyl sites for hydroxylation is 2. The van der Waals surface area contributed by atoms with Crippen LogP contribution in [0.1, 0.15) is 16.8 Å². The fourth-order valence-electron chi connectivity index (χ4n) is 2.92. The Hall–Kier alpha value is -1.69. The van der Waals surface area contributed by atoms with Crippen LogP contribution < -0.4 is 10.2 Å². The molecule has 27 heavy (non-hydrogen) atoms. The van der Waals surface area contributed by atoms with Crippen LogP contribution in [0.25, 0.3) is 0 Å². The van der Waals surface area contributed by atoms with Crippen molar-refractivity contribution in [3.05, 3.63) is 28.5 Å². The van der Waals surface area contributed by atoms with E-state index in [-0.39, 0.29) is 29.9 Å². The quantitative estimate of drug-likeness (QED) is 0.381. The monoisotopic (exact) mass is 503 g/mol. The molecule has 0 bridgehead atoms. The number of halogens is 1. The van der Waals surface area contributed by atoms with Gasteiger partial charge in [-0.15, -0.1) is 35.3 Å². The highest BCUT2D eigenvalue weighted by molar-refractivity contribution is 14.0. The molecule has 1 saturated heterocycles. The van der Waals surface area contributed by atoms with Crippen molar-refractivity contribution in [1.82, 2.24) is 25.0 Å². The van der Waals surface area contributed by atoms with Crippen molar-refractivity contribution >= 4 is 52.9 Å². The highest BCUT2D eigenvalue weighted by atomic mass is 127. The number of anilines is 1. The van der Waals surface area contributed by atoms with Gasteiger partial charge in [-0.05, 0) is 6.42 Å². The van der Waals surface area contributed by atoms with Gasteiger partial charge in [0, 0.05) is 57.4 Å². The van der Waals surface area contributed by atoms with Gasteiger partial charge in [0.1, 0.15) is 6.54 Å². The second kappa shape index (κ2) is 10.0. The summed E-state index contributed by atoms with van der Waals surface area (Å²) in [5.41, 5.74) is 0.843. The van der Waals surface area contributed by atoms with Crippen LogP contribution in [0.3, 0.4) is 0 Å². The average Bonchev–Trinajstić information content (AvgIpc) is 3.27. The largest absolute Gasteiger partial charge is 0.356 e. The topological polar surface area (TPSA) is 78.7 Å². The Labute approximate surface area is 180 Å². The Balaban J connectivity index is 0.00000261. The Morgan fingerprint density at radius 1 is 1.37 bits per heavy atom. The summed E-state index contributed by atoms with van der Waals surface area (Å²) in [7, 11) is 3.60. The summed E-state index contributed by atoms with van der Waals surface area (Å²) in [6.45, 7) is 4.56. The van der Waals surface area contributed by atoms with Crippen LogP contribution in [0.2, 0.25) is 0 Å². The van der Waals surface area contributed by atoms with Gasteiger partial charge < -0.3 is 15.1 Å². The van der Waals surface area contributed by atoms with Crippen molar-refractivity contribution in [1.29, 1.82) is 0 Å². The van der Waals surface area contributed by atoms with E-state index in [0.717, 1.165) is 42.6 Å². The molecule has 0 aromatic carbocycles. The minimum atomic E-state index is 0. The normalized spacial score (nSPS) is 15.1. The third kappa shape index (κ3) is 5.41. The second-order valence-electron chi connectivity index (χ2n) is 6.14. The number of carbonyl (C=O) groups is 1. The molecule has 1 aliphatic heterocycles. The Morgan fingerprint density at radius 3 is 2.78 bits per heavy atom. The molecule has 0 radical (unpaired) electrons. The van der Waals surface area contributed by atoms with E-state index in [1.54, 1.807) is 34.2 Å². The molecule has 0 aliphatic carbocycles. The molecule has 2 aromatic rings. The van der Waals surface area contributed by atoms with E-state index >= 15 is 0 Å². The summed E-state index contributed by atoms with van der Waals surface area (Å²) in [6.07, 6.45) is 7.41. The minimum Gasteiger partial charge on any atom is -0.356 e. The summed E-state index contributed by atoms with van der Waals surface area (Å²) in [5, 5.41) is 8.62. The van der Waals surface area contributed by atoms with Crippen LogP contribution in [0.15, 0.2) is 23.6 Å². The summed E-state index contributed by atoms with van der Waals surface area (Å²) < 4.78 is 1.71. The molecule has 1 aliphatic rings. The van der Waals surface area contributed by atoms with E-state index in [0.29, 0.717) is 13.1 Å². The predicted molar refractivity (Wildman–Crippen MR) is 119 cm³/mol. The molecule has 0 unspecified atom stereocenters. The maximum absolute atomic E-state index is 12.5. The molecule has 1 N–H and O–H groups in total. The molecule has 0 saturated carbocycles. The molecular formula is C17H26IN7OS. The van der Waals surface area contributed by atoms with E-state index in [4.69, 9.17) is 0 Å². The second-order valence-corrected chi connectivity index (χ2v) is 7.34. The first-order valence-corrected chi connectivity index (χ1v) is 9.60. The van der Waals surface area contributed by atoms with E-state index in [1.807, 2.05) is 24.3 Å². The molecule has 148 valence electrons. The lowest BCUT2D eigenvalue weighted by Gasteiger charge is -2.35. The van der Waals surface area contributed by atoms with Crippen molar-refractivity contribution in [2.45, 2.75) is 19.8 Å². The maximum atomic E-state index is 12.5. The van der Waals surface area contributed by atoms with Crippen molar-refractivity contribution in [3.8, 4) is 0 Å². The lowest BCUT2D eigenvalue weighted by molar-refractivity contribution is -0.120. The molecule has 0 atom stereocenters. The molecule has 8 nitrogen and oxygen atoms in total. The van der Waals surface area contributed by atoms with Gasteiger partial charge in [-0.25, -0.2) is 4.98 Å². The van der Waals surface area contributed by atoms with Crippen LogP contribution in [0.4, 0.5) is 5.69 Å². The Kier molecular flexibility index (Phi) is 8.02. The number of rotatable bonds is 5. The third-order valence-electron chi connectivity index (χ3n) is 4.31. The number of guanidine groups is 1. The standard InChI is InChI=1S/C17H25N7OS.HI/c1-4-14-10-20-15(26-14)5-6-19-17(18-2)23-7-8-24(16(25)12-23)13-9-21-22(3)11-13;/h9-11H,4-8,12H2,1-3H3,(H,18,19);1H. The van der Waals surface area contributed by atoms with E-state index in [1.165, 1.54) is 4.88 Å². The molecule has 1 fully saturated rings.